The largest absolute Gasteiger partial charge is 0.455 e. The second kappa shape index (κ2) is 9.98. The predicted octanol–water partition coefficient (Wildman–Crippen LogP) is 2.80. The highest BCUT2D eigenvalue weighted by atomic mass is 35.5. The Bertz CT molecular complexity index is 840. The molecule has 0 spiro atoms. The first kappa shape index (κ1) is 20.8. The van der Waals surface area contributed by atoms with Crippen molar-refractivity contribution < 1.29 is 23.6 Å². The maximum Gasteiger partial charge on any atom is 0.316 e. The highest BCUT2D eigenvalue weighted by Crippen LogP contribution is 2.19. The lowest BCUT2D eigenvalue weighted by Crippen LogP contribution is -2.22. The minimum Gasteiger partial charge on any atom is -0.455 e. The van der Waals surface area contributed by atoms with Gasteiger partial charge in [-0.1, -0.05) is 16.8 Å². The molecule has 2 amide bonds. The summed E-state index contributed by atoms with van der Waals surface area (Å²) >= 11 is 6.92. The van der Waals surface area contributed by atoms with Gasteiger partial charge in [0.15, 0.2) is 12.4 Å². The van der Waals surface area contributed by atoms with Gasteiger partial charge in [-0.25, -0.2) is 0 Å². The van der Waals surface area contributed by atoms with Crippen LogP contribution in [0, 0.1) is 13.8 Å². The SMILES string of the molecule is Cc1cc(NC(=O)CSCC(=O)OCC(=O)Nc2ccc(Cl)cc2C)no1. The molecule has 144 valence electrons. The number of thioether (sulfide) groups is 1. The van der Waals surface area contributed by atoms with Crippen LogP contribution in [0.4, 0.5) is 11.5 Å². The van der Waals surface area contributed by atoms with E-state index in [1.165, 1.54) is 0 Å². The average Bonchev–Trinajstić information content (AvgIpc) is 3.00. The van der Waals surface area contributed by atoms with Crippen LogP contribution in [0.15, 0.2) is 28.8 Å². The Labute approximate surface area is 164 Å². The van der Waals surface area contributed by atoms with Crippen molar-refractivity contribution in [1.29, 1.82) is 0 Å². The van der Waals surface area contributed by atoms with Crippen LogP contribution in [0.3, 0.4) is 0 Å². The lowest BCUT2D eigenvalue weighted by molar-refractivity contribution is -0.144. The van der Waals surface area contributed by atoms with Gasteiger partial charge in [0.2, 0.25) is 5.91 Å². The summed E-state index contributed by atoms with van der Waals surface area (Å²) in [6.45, 7) is 3.10. The molecule has 1 aromatic carbocycles. The van der Waals surface area contributed by atoms with Crippen molar-refractivity contribution in [3.8, 4) is 0 Å². The fraction of sp³-hybridized carbons (Fsp3) is 0.294. The number of hydrogen-bond donors (Lipinski definition) is 2. The number of amides is 2. The van der Waals surface area contributed by atoms with Gasteiger partial charge in [-0.3, -0.25) is 14.4 Å². The van der Waals surface area contributed by atoms with Crippen LogP contribution in [0.1, 0.15) is 11.3 Å². The molecule has 0 aliphatic rings. The fourth-order valence-corrected chi connectivity index (χ4v) is 2.81. The smallest absolute Gasteiger partial charge is 0.316 e. The average molecular weight is 412 g/mol. The Balaban J connectivity index is 1.63. The molecule has 27 heavy (non-hydrogen) atoms. The van der Waals surface area contributed by atoms with E-state index in [2.05, 4.69) is 15.8 Å². The Hall–Kier alpha value is -2.52. The van der Waals surface area contributed by atoms with Crippen molar-refractivity contribution in [2.75, 3.05) is 28.7 Å². The quantitative estimate of drug-likeness (QED) is 0.642. The molecule has 0 saturated carbocycles. The topological polar surface area (TPSA) is 111 Å². The summed E-state index contributed by atoms with van der Waals surface area (Å²) in [5, 5.41) is 9.37. The second-order valence-electron chi connectivity index (χ2n) is 5.53. The highest BCUT2D eigenvalue weighted by Gasteiger charge is 2.11. The van der Waals surface area contributed by atoms with Crippen LogP contribution in [-0.4, -0.2) is 41.1 Å². The van der Waals surface area contributed by atoms with E-state index in [0.29, 0.717) is 22.3 Å². The zero-order chi connectivity index (χ0) is 19.8. The molecule has 0 unspecified atom stereocenters. The number of benzene rings is 1. The number of ether oxygens (including phenoxy) is 1. The summed E-state index contributed by atoms with van der Waals surface area (Å²) in [5.41, 5.74) is 1.39. The van der Waals surface area contributed by atoms with E-state index in [0.717, 1.165) is 17.3 Å². The molecule has 0 aliphatic heterocycles. The van der Waals surface area contributed by atoms with E-state index in [4.69, 9.17) is 20.9 Å². The maximum atomic E-state index is 11.8. The van der Waals surface area contributed by atoms with Crippen molar-refractivity contribution in [2.45, 2.75) is 13.8 Å². The number of esters is 1. The molecule has 0 saturated heterocycles. The number of anilines is 2. The van der Waals surface area contributed by atoms with Crippen LogP contribution in [0.5, 0.6) is 0 Å². The van der Waals surface area contributed by atoms with E-state index in [1.807, 2.05) is 0 Å². The Kier molecular flexibility index (Phi) is 7.68. The molecule has 2 aromatic rings. The van der Waals surface area contributed by atoms with Crippen molar-refractivity contribution in [2.24, 2.45) is 0 Å². The van der Waals surface area contributed by atoms with Crippen LogP contribution in [0.25, 0.3) is 0 Å². The molecule has 1 aromatic heterocycles. The Morgan fingerprint density at radius 3 is 2.59 bits per heavy atom. The molecule has 2 N–H and O–H groups in total. The molecule has 8 nitrogen and oxygen atoms in total. The van der Waals surface area contributed by atoms with Gasteiger partial charge in [-0.05, 0) is 37.6 Å². The van der Waals surface area contributed by atoms with Gasteiger partial charge in [0.1, 0.15) is 5.76 Å². The van der Waals surface area contributed by atoms with E-state index in [9.17, 15) is 14.4 Å². The second-order valence-corrected chi connectivity index (χ2v) is 6.95. The standard InChI is InChI=1S/C17H18ClN3O5S/c1-10-5-12(18)3-4-13(10)19-15(22)7-25-17(24)9-27-8-16(23)20-14-6-11(2)26-21-14/h3-6H,7-9H2,1-2H3,(H,19,22)(H,20,21,23). The summed E-state index contributed by atoms with van der Waals surface area (Å²) < 4.78 is 9.71. The molecule has 1 heterocycles. The van der Waals surface area contributed by atoms with E-state index in [-0.39, 0.29) is 17.4 Å². The first-order valence-electron chi connectivity index (χ1n) is 7.86. The number of aryl methyl sites for hydroxylation is 2. The minimum atomic E-state index is -0.590. The Morgan fingerprint density at radius 1 is 1.15 bits per heavy atom. The molecule has 0 radical (unpaired) electrons. The van der Waals surface area contributed by atoms with E-state index >= 15 is 0 Å². The predicted molar refractivity (Wildman–Crippen MR) is 103 cm³/mol. The molecule has 10 heteroatoms. The van der Waals surface area contributed by atoms with Crippen molar-refractivity contribution in [3.05, 3.63) is 40.6 Å². The van der Waals surface area contributed by atoms with Gasteiger partial charge in [-0.2, -0.15) is 0 Å². The van der Waals surface area contributed by atoms with Gasteiger partial charge in [-0.15, -0.1) is 11.8 Å². The lowest BCUT2D eigenvalue weighted by Gasteiger charge is -2.09. The van der Waals surface area contributed by atoms with Crippen LogP contribution in [-0.2, 0) is 19.1 Å². The number of nitrogens with zero attached hydrogens (tertiary/aromatic N) is 1. The van der Waals surface area contributed by atoms with Crippen LogP contribution < -0.4 is 10.6 Å². The zero-order valence-electron chi connectivity index (χ0n) is 14.7. The third-order valence-corrected chi connectivity index (χ3v) is 4.32. The Morgan fingerprint density at radius 2 is 1.93 bits per heavy atom. The van der Waals surface area contributed by atoms with Gasteiger partial charge < -0.3 is 19.9 Å². The summed E-state index contributed by atoms with van der Waals surface area (Å²) in [6, 6.07) is 6.61. The minimum absolute atomic E-state index is 0.0389. The molecule has 0 aliphatic carbocycles. The molecule has 2 rings (SSSR count). The zero-order valence-corrected chi connectivity index (χ0v) is 16.3. The van der Waals surface area contributed by atoms with Crippen LogP contribution in [0.2, 0.25) is 5.02 Å². The lowest BCUT2D eigenvalue weighted by atomic mass is 10.2. The summed E-state index contributed by atoms with van der Waals surface area (Å²) in [4.78, 5) is 35.2. The van der Waals surface area contributed by atoms with Gasteiger partial charge >= 0.3 is 5.97 Å². The maximum absolute atomic E-state index is 11.8. The van der Waals surface area contributed by atoms with Gasteiger partial charge in [0, 0.05) is 16.8 Å². The number of carbonyl (C=O) groups excluding carboxylic acids is 3. The molecule has 0 bridgehead atoms. The van der Waals surface area contributed by atoms with Gasteiger partial charge in [0.05, 0.1) is 11.5 Å². The monoisotopic (exact) mass is 411 g/mol. The first-order valence-corrected chi connectivity index (χ1v) is 9.39. The number of hydrogen-bond acceptors (Lipinski definition) is 7. The highest BCUT2D eigenvalue weighted by molar-refractivity contribution is 8.00. The molecular weight excluding hydrogens is 394 g/mol. The summed E-state index contributed by atoms with van der Waals surface area (Å²) in [7, 11) is 0. The van der Waals surface area contributed by atoms with Crippen molar-refractivity contribution >= 4 is 52.7 Å². The van der Waals surface area contributed by atoms with Gasteiger partial charge in [0.25, 0.3) is 5.91 Å². The first-order chi connectivity index (χ1) is 12.8. The third kappa shape index (κ3) is 7.32. The van der Waals surface area contributed by atoms with E-state index < -0.39 is 18.5 Å². The fourth-order valence-electron chi connectivity index (χ4n) is 1.97. The van der Waals surface area contributed by atoms with Crippen molar-refractivity contribution in [1.82, 2.24) is 5.16 Å². The van der Waals surface area contributed by atoms with E-state index in [1.54, 1.807) is 38.1 Å². The molecular formula is C17H18ClN3O5S. The third-order valence-electron chi connectivity index (χ3n) is 3.18. The van der Waals surface area contributed by atoms with Crippen molar-refractivity contribution in [3.63, 3.8) is 0 Å². The van der Waals surface area contributed by atoms with Crippen LogP contribution >= 0.6 is 23.4 Å². The summed E-state index contributed by atoms with van der Waals surface area (Å²) in [6.07, 6.45) is 0. The number of halogens is 1. The molecule has 0 fully saturated rings. The number of nitrogens with one attached hydrogen (secondary N) is 2. The normalized spacial score (nSPS) is 10.3. The summed E-state index contributed by atoms with van der Waals surface area (Å²) in [5.74, 6) is -0.498. The number of aromatic nitrogens is 1. The molecule has 0 atom stereocenters. The number of carbonyl (C=O) groups is 3. The number of rotatable bonds is 8.